The summed E-state index contributed by atoms with van der Waals surface area (Å²) >= 11 is 3.66. The minimum Gasteiger partial charge on any atom is -0.303 e. The molecule has 0 radical (unpaired) electrons. The van der Waals surface area contributed by atoms with Crippen LogP contribution >= 0.6 is 15.9 Å². The van der Waals surface area contributed by atoms with Crippen LogP contribution in [0.2, 0.25) is 0 Å². The molecule has 142 valence electrons. The maximum Gasteiger partial charge on any atom is 0.389 e. The van der Waals surface area contributed by atoms with Crippen LogP contribution < -0.4 is 5.32 Å². The predicted octanol–water partition coefficient (Wildman–Crippen LogP) is 6.95. The number of hydrogen-bond donors (Lipinski definition) is 1. The van der Waals surface area contributed by atoms with E-state index >= 15 is 0 Å². The molecule has 3 aromatic rings. The topological polar surface area (TPSA) is 12.0 Å². The van der Waals surface area contributed by atoms with E-state index in [0.717, 1.165) is 26.4 Å². The first-order chi connectivity index (χ1) is 12.8. The summed E-state index contributed by atoms with van der Waals surface area (Å²) in [6.07, 6.45) is -5.03. The Kier molecular flexibility index (Phi) is 5.92. The van der Waals surface area contributed by atoms with Crippen LogP contribution in [0.4, 0.5) is 13.2 Å². The second-order valence-corrected chi connectivity index (χ2v) is 7.72. The number of fused-ring (bicyclic) bond motifs is 1. The molecule has 1 unspecified atom stereocenters. The third kappa shape index (κ3) is 4.90. The van der Waals surface area contributed by atoms with E-state index < -0.39 is 18.1 Å². The number of nitrogens with one attached hydrogen (secondary N) is 1. The molecule has 0 spiro atoms. The number of halogens is 4. The molecule has 1 atom stereocenters. The van der Waals surface area contributed by atoms with Gasteiger partial charge in [-0.05, 0) is 51.2 Å². The van der Waals surface area contributed by atoms with Gasteiger partial charge in [-0.3, -0.25) is 0 Å². The Labute approximate surface area is 165 Å². The molecule has 0 aliphatic carbocycles. The molecular weight excluding hydrogens is 415 g/mol. The van der Waals surface area contributed by atoms with Crippen molar-refractivity contribution in [3.8, 4) is 0 Å². The lowest BCUT2D eigenvalue weighted by Crippen LogP contribution is -2.40. The molecule has 0 amide bonds. The maximum atomic E-state index is 12.9. The van der Waals surface area contributed by atoms with Crippen LogP contribution in [0.3, 0.4) is 0 Å². The average molecular weight is 436 g/mol. The quantitative estimate of drug-likeness (QED) is 0.441. The lowest BCUT2D eigenvalue weighted by molar-refractivity contribution is -0.139. The van der Waals surface area contributed by atoms with Gasteiger partial charge in [0.25, 0.3) is 0 Å². The van der Waals surface area contributed by atoms with E-state index in [-0.39, 0.29) is 6.42 Å². The molecule has 0 aliphatic heterocycles. The summed E-state index contributed by atoms with van der Waals surface area (Å²) in [6.45, 7) is 2.30. The molecule has 1 nitrogen and oxygen atoms in total. The first kappa shape index (κ1) is 19.9. The largest absolute Gasteiger partial charge is 0.389 e. The molecule has 0 fully saturated rings. The summed E-state index contributed by atoms with van der Waals surface area (Å²) in [7, 11) is 0. The Bertz CT molecular complexity index is 908. The molecule has 5 heteroatoms. The molecule has 0 aromatic heterocycles. The smallest absolute Gasteiger partial charge is 0.303 e. The second-order valence-electron chi connectivity index (χ2n) is 6.93. The molecule has 0 saturated carbocycles. The van der Waals surface area contributed by atoms with E-state index in [1.165, 1.54) is 0 Å². The van der Waals surface area contributed by atoms with Crippen molar-refractivity contribution in [1.82, 2.24) is 5.32 Å². The van der Waals surface area contributed by atoms with Gasteiger partial charge in [-0.15, -0.1) is 0 Å². The highest BCUT2D eigenvalue weighted by atomic mass is 79.9. The monoisotopic (exact) mass is 435 g/mol. The zero-order chi connectivity index (χ0) is 19.5. The fourth-order valence-electron chi connectivity index (χ4n) is 3.24. The molecule has 0 heterocycles. The first-order valence-electron chi connectivity index (χ1n) is 8.82. The molecule has 3 rings (SSSR count). The predicted molar refractivity (Wildman–Crippen MR) is 108 cm³/mol. The van der Waals surface area contributed by atoms with Gasteiger partial charge in [-0.2, -0.15) is 13.2 Å². The number of hydrogen-bond acceptors (Lipinski definition) is 1. The maximum absolute atomic E-state index is 12.9. The molecule has 0 bridgehead atoms. The van der Waals surface area contributed by atoms with Gasteiger partial charge < -0.3 is 5.32 Å². The summed E-state index contributed by atoms with van der Waals surface area (Å²) in [5.74, 6) is 0. The zero-order valence-corrected chi connectivity index (χ0v) is 16.6. The second kappa shape index (κ2) is 8.03. The van der Waals surface area contributed by atoms with Crippen LogP contribution in [0.1, 0.15) is 30.9 Å². The Morgan fingerprint density at radius 1 is 0.852 bits per heavy atom. The minimum atomic E-state index is -4.18. The van der Waals surface area contributed by atoms with Gasteiger partial charge in [0.1, 0.15) is 0 Å². The summed E-state index contributed by atoms with van der Waals surface area (Å²) in [4.78, 5) is 0. The van der Waals surface area contributed by atoms with E-state index in [0.29, 0.717) is 6.54 Å². The van der Waals surface area contributed by atoms with Gasteiger partial charge in [-0.25, -0.2) is 0 Å². The van der Waals surface area contributed by atoms with Gasteiger partial charge in [0.05, 0.1) is 0 Å². The standard InChI is InChI=1S/C22H21BrF3N/c1-21(13-14-22(24,25)26,18-8-3-2-4-9-18)27-15-17-12-11-16-7-5-6-10-19(16)20(17)23/h2-12,27H,13-15H2,1H3. The lowest BCUT2D eigenvalue weighted by Gasteiger charge is -2.32. The van der Waals surface area contributed by atoms with Crippen LogP contribution in [0.25, 0.3) is 10.8 Å². The molecule has 3 aromatic carbocycles. The molecule has 1 N–H and O–H groups in total. The number of rotatable bonds is 6. The Morgan fingerprint density at radius 3 is 2.22 bits per heavy atom. The van der Waals surface area contributed by atoms with E-state index in [4.69, 9.17) is 0 Å². The summed E-state index contributed by atoms with van der Waals surface area (Å²) in [6, 6.07) is 21.4. The fourth-order valence-corrected chi connectivity index (χ4v) is 3.87. The van der Waals surface area contributed by atoms with E-state index in [2.05, 4.69) is 21.2 Å². The van der Waals surface area contributed by atoms with Crippen molar-refractivity contribution in [3.63, 3.8) is 0 Å². The third-order valence-corrected chi connectivity index (χ3v) is 5.87. The highest BCUT2D eigenvalue weighted by molar-refractivity contribution is 9.10. The first-order valence-corrected chi connectivity index (χ1v) is 9.61. The molecule has 0 saturated heterocycles. The van der Waals surface area contributed by atoms with Crippen molar-refractivity contribution >= 4 is 26.7 Å². The SMILES string of the molecule is CC(CCC(F)(F)F)(NCc1ccc2ccccc2c1Br)c1ccccc1. The van der Waals surface area contributed by atoms with E-state index in [9.17, 15) is 13.2 Å². The van der Waals surface area contributed by atoms with Crippen LogP contribution in [-0.4, -0.2) is 6.18 Å². The normalized spacial score (nSPS) is 14.3. The number of benzene rings is 3. The zero-order valence-electron chi connectivity index (χ0n) is 15.0. The van der Waals surface area contributed by atoms with Crippen molar-refractivity contribution < 1.29 is 13.2 Å². The molecule has 27 heavy (non-hydrogen) atoms. The lowest BCUT2D eigenvalue weighted by atomic mass is 9.87. The van der Waals surface area contributed by atoms with Gasteiger partial charge in [0.2, 0.25) is 0 Å². The van der Waals surface area contributed by atoms with E-state index in [1.807, 2.05) is 73.7 Å². The van der Waals surface area contributed by atoms with Crippen molar-refractivity contribution in [1.29, 1.82) is 0 Å². The highest BCUT2D eigenvalue weighted by Gasteiger charge is 2.34. The van der Waals surface area contributed by atoms with Gasteiger partial charge in [0.15, 0.2) is 0 Å². The summed E-state index contributed by atoms with van der Waals surface area (Å²) < 4.78 is 39.6. The Hall–Kier alpha value is -1.85. The van der Waals surface area contributed by atoms with Crippen molar-refractivity contribution in [3.05, 3.63) is 82.3 Å². The van der Waals surface area contributed by atoms with Crippen molar-refractivity contribution in [2.24, 2.45) is 0 Å². The Morgan fingerprint density at radius 2 is 1.52 bits per heavy atom. The number of alkyl halides is 3. The Balaban J connectivity index is 1.85. The fraction of sp³-hybridized carbons (Fsp3) is 0.273. The van der Waals surface area contributed by atoms with Crippen LogP contribution in [0.15, 0.2) is 71.2 Å². The average Bonchev–Trinajstić information content (AvgIpc) is 2.66. The van der Waals surface area contributed by atoms with Crippen molar-refractivity contribution in [2.75, 3.05) is 0 Å². The summed E-state index contributed by atoms with van der Waals surface area (Å²) in [5, 5.41) is 5.59. The van der Waals surface area contributed by atoms with Crippen molar-refractivity contribution in [2.45, 2.75) is 38.0 Å². The van der Waals surface area contributed by atoms with Gasteiger partial charge in [-0.1, -0.05) is 66.7 Å². The van der Waals surface area contributed by atoms with Gasteiger partial charge >= 0.3 is 6.18 Å². The molecule has 0 aliphatic rings. The van der Waals surface area contributed by atoms with Gasteiger partial charge in [0, 0.05) is 23.0 Å². The minimum absolute atomic E-state index is 0.0221. The van der Waals surface area contributed by atoms with E-state index in [1.54, 1.807) is 0 Å². The summed E-state index contributed by atoms with van der Waals surface area (Å²) in [5.41, 5.74) is 1.09. The van der Waals surface area contributed by atoms with Crippen LogP contribution in [0.5, 0.6) is 0 Å². The third-order valence-electron chi connectivity index (χ3n) is 4.93. The molecular formula is C22H21BrF3N. The van der Waals surface area contributed by atoms with Crippen LogP contribution in [0, 0.1) is 0 Å². The highest BCUT2D eigenvalue weighted by Crippen LogP contribution is 2.33. The van der Waals surface area contributed by atoms with Crippen LogP contribution in [-0.2, 0) is 12.1 Å².